The van der Waals surface area contributed by atoms with Gasteiger partial charge in [-0.1, -0.05) is 23.7 Å². The summed E-state index contributed by atoms with van der Waals surface area (Å²) in [6, 6.07) is 9.43. The Morgan fingerprint density at radius 3 is 2.81 bits per heavy atom. The topological polar surface area (TPSA) is 58.5 Å². The minimum Gasteiger partial charge on any atom is -0.371 e. The molecule has 2 aromatic heterocycles. The molecule has 0 saturated carbocycles. The van der Waals surface area contributed by atoms with E-state index in [9.17, 15) is 0 Å². The molecule has 7 heteroatoms. The fraction of sp³-hybridized carbons (Fsp3) is 0.200. The van der Waals surface area contributed by atoms with Crippen molar-refractivity contribution in [1.82, 2.24) is 19.7 Å². The molecule has 0 saturated heterocycles. The van der Waals surface area contributed by atoms with Crippen LogP contribution in [0.1, 0.15) is 25.5 Å². The Morgan fingerprint density at radius 1 is 1.19 bits per heavy atom. The third-order valence-electron chi connectivity index (χ3n) is 5.11. The van der Waals surface area contributed by atoms with Crippen LogP contribution in [0.3, 0.4) is 0 Å². The number of anilines is 1. The van der Waals surface area contributed by atoms with E-state index < -0.39 is 11.4 Å². The largest absolute Gasteiger partial charge is 0.371 e. The summed E-state index contributed by atoms with van der Waals surface area (Å²) in [5.41, 5.74) is 2.59. The van der Waals surface area contributed by atoms with Gasteiger partial charge in [0.25, 0.3) is 0 Å². The molecule has 0 atom stereocenters. The summed E-state index contributed by atoms with van der Waals surface area (Å²) in [7, 11) is 0. The first-order valence-electron chi connectivity index (χ1n) is 8.68. The molecule has 0 unspecified atom stereocenters. The van der Waals surface area contributed by atoms with Gasteiger partial charge in [-0.3, -0.25) is 4.57 Å². The van der Waals surface area contributed by atoms with Crippen LogP contribution in [-0.2, 0) is 5.54 Å². The Kier molecular flexibility index (Phi) is 3.22. The van der Waals surface area contributed by atoms with Gasteiger partial charge in [0.15, 0.2) is 11.6 Å². The zero-order valence-corrected chi connectivity index (χ0v) is 15.8. The van der Waals surface area contributed by atoms with Crippen molar-refractivity contribution in [3.63, 3.8) is 0 Å². The molecule has 5 nitrogen and oxygen atoms in total. The number of aromatic nitrogens is 4. The highest BCUT2D eigenvalue weighted by molar-refractivity contribution is 6.34. The van der Waals surface area contributed by atoms with Crippen LogP contribution in [0.2, 0.25) is 5.02 Å². The predicted octanol–water partition coefficient (Wildman–Crippen LogP) is 5.18. The summed E-state index contributed by atoms with van der Waals surface area (Å²) < 4.78 is 17.7. The number of halogens is 2. The van der Waals surface area contributed by atoms with Gasteiger partial charge in [-0.15, -0.1) is 10.2 Å². The number of fused-ring (bicyclic) bond motifs is 4. The van der Waals surface area contributed by atoms with Crippen molar-refractivity contribution in [2.24, 2.45) is 0 Å². The van der Waals surface area contributed by atoms with Gasteiger partial charge >= 0.3 is 0 Å². The highest BCUT2D eigenvalue weighted by atomic mass is 35.5. The minimum atomic E-state index is -0.494. The molecule has 136 valence electrons. The van der Waals surface area contributed by atoms with E-state index in [1.165, 1.54) is 0 Å². The van der Waals surface area contributed by atoms with Crippen LogP contribution < -0.4 is 5.32 Å². The Bertz CT molecular complexity index is 1220. The van der Waals surface area contributed by atoms with Crippen molar-refractivity contribution in [3.8, 4) is 16.8 Å². The molecule has 0 radical (unpaired) electrons. The maximum absolute atomic E-state index is 15.9. The maximum atomic E-state index is 15.9. The van der Waals surface area contributed by atoms with Crippen LogP contribution >= 0.6 is 11.6 Å². The fourth-order valence-electron chi connectivity index (χ4n) is 3.90. The van der Waals surface area contributed by atoms with Gasteiger partial charge in [0.05, 0.1) is 16.2 Å². The Morgan fingerprint density at radius 2 is 2.00 bits per heavy atom. The van der Waals surface area contributed by atoms with Gasteiger partial charge in [-0.2, -0.15) is 0 Å². The predicted molar refractivity (Wildman–Crippen MR) is 105 cm³/mol. The van der Waals surface area contributed by atoms with E-state index in [2.05, 4.69) is 20.5 Å². The van der Waals surface area contributed by atoms with Crippen molar-refractivity contribution >= 4 is 28.2 Å². The van der Waals surface area contributed by atoms with Gasteiger partial charge in [-0.05, 0) is 44.5 Å². The molecule has 5 rings (SSSR count). The second-order valence-corrected chi connectivity index (χ2v) is 7.75. The summed E-state index contributed by atoms with van der Waals surface area (Å²) in [5.74, 6) is 0.908. The number of rotatable bonds is 1. The molecule has 4 aromatic rings. The van der Waals surface area contributed by atoms with E-state index in [1.807, 2.05) is 51.2 Å². The lowest BCUT2D eigenvalue weighted by Gasteiger charge is -2.34. The highest BCUT2D eigenvalue weighted by Gasteiger charge is 2.37. The molecule has 0 spiro atoms. The summed E-state index contributed by atoms with van der Waals surface area (Å²) >= 11 is 6.57. The van der Waals surface area contributed by atoms with Crippen molar-refractivity contribution in [3.05, 3.63) is 59.0 Å². The van der Waals surface area contributed by atoms with E-state index in [-0.39, 0.29) is 0 Å². The molecule has 2 N–H and O–H groups in total. The molecule has 1 aliphatic heterocycles. The average molecular weight is 382 g/mol. The van der Waals surface area contributed by atoms with Gasteiger partial charge in [-0.25, -0.2) is 4.39 Å². The van der Waals surface area contributed by atoms with Gasteiger partial charge in [0, 0.05) is 22.7 Å². The van der Waals surface area contributed by atoms with Crippen LogP contribution in [0.15, 0.2) is 36.5 Å². The molecule has 0 fully saturated rings. The molecular formula is C20H17ClFN5. The van der Waals surface area contributed by atoms with Crippen molar-refractivity contribution < 1.29 is 4.39 Å². The van der Waals surface area contributed by atoms with Crippen LogP contribution in [0.25, 0.3) is 27.7 Å². The summed E-state index contributed by atoms with van der Waals surface area (Å²) in [4.78, 5) is 3.16. The number of hydrogen-bond donors (Lipinski definition) is 2. The van der Waals surface area contributed by atoms with Gasteiger partial charge in [0.2, 0.25) is 0 Å². The maximum Gasteiger partial charge on any atom is 0.162 e. The highest BCUT2D eigenvalue weighted by Crippen LogP contribution is 2.45. The minimum absolute atomic E-state index is 0.359. The van der Waals surface area contributed by atoms with Crippen molar-refractivity contribution in [2.75, 3.05) is 5.32 Å². The first-order chi connectivity index (χ1) is 12.9. The average Bonchev–Trinajstić information content (AvgIpc) is 3.22. The first kappa shape index (κ1) is 16.3. The first-order valence-corrected chi connectivity index (χ1v) is 9.06. The number of aromatic amines is 1. The van der Waals surface area contributed by atoms with E-state index in [1.54, 1.807) is 10.6 Å². The zero-order valence-electron chi connectivity index (χ0n) is 15.1. The molecule has 27 heavy (non-hydrogen) atoms. The standard InChI is InChI=1S/C20H17ClFN5/c1-10-25-26-19-20(2,3)24-15-9-13(21)16(17(22)18(15)27(10)19)12-5-4-6-14-11(12)7-8-23-14/h4-9,23-24H,1-3H3. The Hall–Kier alpha value is -2.86. The number of aryl methyl sites for hydroxylation is 1. The number of nitrogens with one attached hydrogen (secondary N) is 2. The van der Waals surface area contributed by atoms with E-state index >= 15 is 4.39 Å². The molecule has 3 heterocycles. The second kappa shape index (κ2) is 5.33. The molecule has 2 aromatic carbocycles. The third-order valence-corrected chi connectivity index (χ3v) is 5.41. The lowest BCUT2D eigenvalue weighted by Crippen LogP contribution is -2.36. The normalized spacial score (nSPS) is 14.7. The Balaban J connectivity index is 1.87. The van der Waals surface area contributed by atoms with Crippen LogP contribution in [0.4, 0.5) is 10.1 Å². The van der Waals surface area contributed by atoms with Crippen LogP contribution in [0.5, 0.6) is 0 Å². The van der Waals surface area contributed by atoms with E-state index in [4.69, 9.17) is 11.6 Å². The summed E-state index contributed by atoms with van der Waals surface area (Å²) in [5, 5.41) is 13.1. The van der Waals surface area contributed by atoms with Crippen molar-refractivity contribution in [1.29, 1.82) is 0 Å². The number of nitrogens with zero attached hydrogens (tertiary/aromatic N) is 3. The molecule has 0 amide bonds. The van der Waals surface area contributed by atoms with Gasteiger partial charge in [0.1, 0.15) is 11.5 Å². The fourth-order valence-corrected chi connectivity index (χ4v) is 4.19. The smallest absolute Gasteiger partial charge is 0.162 e. The van der Waals surface area contributed by atoms with Crippen molar-refractivity contribution in [2.45, 2.75) is 26.3 Å². The zero-order chi connectivity index (χ0) is 18.9. The molecule has 0 aliphatic carbocycles. The van der Waals surface area contributed by atoms with E-state index in [0.717, 1.165) is 16.5 Å². The third kappa shape index (κ3) is 2.16. The second-order valence-electron chi connectivity index (χ2n) is 7.34. The monoisotopic (exact) mass is 381 g/mol. The van der Waals surface area contributed by atoms with Crippen LogP contribution in [-0.4, -0.2) is 19.7 Å². The lowest BCUT2D eigenvalue weighted by atomic mass is 9.95. The SMILES string of the molecule is Cc1nnc2n1-c1c(cc(Cl)c(-c3cccc4[nH]ccc34)c1F)NC2(C)C. The summed E-state index contributed by atoms with van der Waals surface area (Å²) in [6.07, 6.45) is 1.84. The summed E-state index contributed by atoms with van der Waals surface area (Å²) in [6.45, 7) is 5.79. The number of hydrogen-bond acceptors (Lipinski definition) is 3. The molecule has 1 aliphatic rings. The number of H-pyrrole nitrogens is 1. The van der Waals surface area contributed by atoms with E-state index in [0.29, 0.717) is 33.6 Å². The Labute approximate surface area is 160 Å². The number of benzene rings is 2. The quantitative estimate of drug-likeness (QED) is 0.477. The molecular weight excluding hydrogens is 365 g/mol. The lowest BCUT2D eigenvalue weighted by molar-refractivity contribution is 0.523. The van der Waals surface area contributed by atoms with Gasteiger partial charge < -0.3 is 10.3 Å². The molecule has 0 bridgehead atoms. The van der Waals surface area contributed by atoms with Crippen LogP contribution in [0, 0.1) is 12.7 Å².